The minimum atomic E-state index is 0.184. The van der Waals surface area contributed by atoms with Gasteiger partial charge in [0, 0.05) is 24.8 Å². The molecule has 0 aromatic heterocycles. The average molecular weight is 276 g/mol. The van der Waals surface area contributed by atoms with E-state index < -0.39 is 0 Å². The molecule has 2 fully saturated rings. The molecule has 0 aromatic rings. The molecule has 4 heteroatoms. The van der Waals surface area contributed by atoms with Crippen LogP contribution in [0, 0.1) is 5.92 Å². The van der Waals surface area contributed by atoms with E-state index in [2.05, 4.69) is 15.9 Å². The molecule has 1 aliphatic carbocycles. The predicted octanol–water partition coefficient (Wildman–Crippen LogP) is 1.80. The molecule has 0 bridgehead atoms. The molecular formula is C11H18BrNO2. The first-order valence-corrected chi connectivity index (χ1v) is 6.87. The van der Waals surface area contributed by atoms with Gasteiger partial charge >= 0.3 is 0 Å². The molecule has 0 N–H and O–H groups in total. The van der Waals surface area contributed by atoms with Crippen LogP contribution in [0.1, 0.15) is 25.7 Å². The Hall–Kier alpha value is -0.0900. The Morgan fingerprint density at radius 3 is 2.87 bits per heavy atom. The lowest BCUT2D eigenvalue weighted by atomic mass is 9.82. The van der Waals surface area contributed by atoms with Crippen molar-refractivity contribution in [3.63, 3.8) is 0 Å². The lowest BCUT2D eigenvalue weighted by Gasteiger charge is -2.34. The molecule has 1 saturated carbocycles. The smallest absolute Gasteiger partial charge is 0.223 e. The minimum absolute atomic E-state index is 0.184. The third kappa shape index (κ3) is 2.94. The van der Waals surface area contributed by atoms with Crippen molar-refractivity contribution in [1.29, 1.82) is 0 Å². The van der Waals surface area contributed by atoms with Gasteiger partial charge in [0.05, 0.1) is 12.7 Å². The summed E-state index contributed by atoms with van der Waals surface area (Å²) < 4.78 is 5.51. The molecule has 1 heterocycles. The van der Waals surface area contributed by atoms with Gasteiger partial charge in [-0.05, 0) is 18.8 Å². The number of alkyl halides is 1. The summed E-state index contributed by atoms with van der Waals surface area (Å²) in [5, 5.41) is 0.820. The maximum atomic E-state index is 11.9. The Morgan fingerprint density at radius 1 is 1.47 bits per heavy atom. The third-order valence-corrected chi connectivity index (χ3v) is 4.07. The van der Waals surface area contributed by atoms with Gasteiger partial charge in [0.15, 0.2) is 0 Å². The van der Waals surface area contributed by atoms with Crippen molar-refractivity contribution in [3.8, 4) is 0 Å². The lowest BCUT2D eigenvalue weighted by Crippen LogP contribution is -2.46. The first-order valence-electron chi connectivity index (χ1n) is 5.75. The van der Waals surface area contributed by atoms with Crippen molar-refractivity contribution in [2.24, 2.45) is 5.92 Å². The predicted molar refractivity (Wildman–Crippen MR) is 62.1 cm³/mol. The number of morpholine rings is 1. The number of hydrogen-bond acceptors (Lipinski definition) is 2. The maximum Gasteiger partial charge on any atom is 0.223 e. The molecule has 1 aliphatic heterocycles. The van der Waals surface area contributed by atoms with Crippen LogP contribution in [-0.4, -0.2) is 41.9 Å². The van der Waals surface area contributed by atoms with Crippen LogP contribution in [-0.2, 0) is 9.53 Å². The molecule has 0 radical (unpaired) electrons. The summed E-state index contributed by atoms with van der Waals surface area (Å²) in [6, 6.07) is 0. The van der Waals surface area contributed by atoms with E-state index in [1.54, 1.807) is 0 Å². The highest BCUT2D eigenvalue weighted by atomic mass is 79.9. The van der Waals surface area contributed by atoms with Crippen LogP contribution in [0.15, 0.2) is 0 Å². The minimum Gasteiger partial charge on any atom is -0.374 e. The van der Waals surface area contributed by atoms with Crippen LogP contribution in [0.4, 0.5) is 0 Å². The van der Waals surface area contributed by atoms with Crippen molar-refractivity contribution in [2.45, 2.75) is 31.8 Å². The average Bonchev–Trinajstić information content (AvgIpc) is 2.23. The summed E-state index contributed by atoms with van der Waals surface area (Å²) >= 11 is 3.40. The van der Waals surface area contributed by atoms with Crippen molar-refractivity contribution in [3.05, 3.63) is 0 Å². The Morgan fingerprint density at radius 2 is 2.27 bits per heavy atom. The molecule has 1 atom stereocenters. The Balaban J connectivity index is 1.78. The Labute approximate surface area is 99.3 Å². The SMILES string of the molecule is O=C(CC1CCC1)N1CCOC(CBr)C1. The monoisotopic (exact) mass is 275 g/mol. The van der Waals surface area contributed by atoms with Crippen molar-refractivity contribution >= 4 is 21.8 Å². The zero-order valence-corrected chi connectivity index (χ0v) is 10.5. The summed E-state index contributed by atoms with van der Waals surface area (Å²) in [6.07, 6.45) is 4.75. The second kappa shape index (κ2) is 5.30. The van der Waals surface area contributed by atoms with E-state index in [4.69, 9.17) is 4.74 Å². The molecule has 0 spiro atoms. The second-order valence-corrected chi connectivity index (χ2v) is 5.14. The number of carbonyl (C=O) groups excluding carboxylic acids is 1. The number of ether oxygens (including phenoxy) is 1. The maximum absolute atomic E-state index is 11.9. The molecule has 2 aliphatic rings. The van der Waals surface area contributed by atoms with E-state index in [0.29, 0.717) is 18.4 Å². The molecular weight excluding hydrogens is 258 g/mol. The quantitative estimate of drug-likeness (QED) is 0.736. The van der Waals surface area contributed by atoms with Crippen LogP contribution in [0.3, 0.4) is 0 Å². The van der Waals surface area contributed by atoms with Gasteiger partial charge in [0.1, 0.15) is 0 Å². The van der Waals surface area contributed by atoms with Gasteiger partial charge in [-0.25, -0.2) is 0 Å². The number of nitrogens with zero attached hydrogens (tertiary/aromatic N) is 1. The van der Waals surface area contributed by atoms with Gasteiger partial charge in [0.2, 0.25) is 5.91 Å². The first-order chi connectivity index (χ1) is 7.29. The highest BCUT2D eigenvalue weighted by Crippen LogP contribution is 2.30. The molecule has 86 valence electrons. The number of rotatable bonds is 3. The third-order valence-electron chi connectivity index (χ3n) is 3.35. The molecule has 0 aromatic carbocycles. The van der Waals surface area contributed by atoms with E-state index >= 15 is 0 Å². The molecule has 1 amide bonds. The Kier molecular flexibility index (Phi) is 4.03. The molecule has 2 rings (SSSR count). The normalized spacial score (nSPS) is 27.5. The number of amides is 1. The summed E-state index contributed by atoms with van der Waals surface area (Å²) in [4.78, 5) is 13.9. The van der Waals surface area contributed by atoms with Gasteiger partial charge in [-0.1, -0.05) is 22.4 Å². The van der Waals surface area contributed by atoms with E-state index in [9.17, 15) is 4.79 Å². The summed E-state index contributed by atoms with van der Waals surface area (Å²) in [6.45, 7) is 2.22. The fraction of sp³-hybridized carbons (Fsp3) is 0.909. The van der Waals surface area contributed by atoms with Crippen LogP contribution in [0.25, 0.3) is 0 Å². The van der Waals surface area contributed by atoms with Gasteiger partial charge in [-0.15, -0.1) is 0 Å². The van der Waals surface area contributed by atoms with E-state index in [1.165, 1.54) is 19.3 Å². The van der Waals surface area contributed by atoms with Gasteiger partial charge < -0.3 is 9.64 Å². The second-order valence-electron chi connectivity index (χ2n) is 4.49. The number of carbonyl (C=O) groups is 1. The summed E-state index contributed by atoms with van der Waals surface area (Å²) in [5.41, 5.74) is 0. The standard InChI is InChI=1S/C11H18BrNO2/c12-7-10-8-13(4-5-15-10)11(14)6-9-2-1-3-9/h9-10H,1-8H2. The fourth-order valence-electron chi connectivity index (χ4n) is 2.11. The summed E-state index contributed by atoms with van der Waals surface area (Å²) in [7, 11) is 0. The van der Waals surface area contributed by atoms with Crippen molar-refractivity contribution < 1.29 is 9.53 Å². The van der Waals surface area contributed by atoms with Gasteiger partial charge in [0.25, 0.3) is 0 Å². The molecule has 1 unspecified atom stereocenters. The first kappa shape index (κ1) is 11.4. The van der Waals surface area contributed by atoms with Crippen LogP contribution >= 0.6 is 15.9 Å². The lowest BCUT2D eigenvalue weighted by molar-refractivity contribution is -0.139. The zero-order chi connectivity index (χ0) is 10.7. The topological polar surface area (TPSA) is 29.5 Å². The van der Waals surface area contributed by atoms with Crippen molar-refractivity contribution in [2.75, 3.05) is 25.0 Å². The highest BCUT2D eigenvalue weighted by molar-refractivity contribution is 9.09. The molecule has 15 heavy (non-hydrogen) atoms. The molecule has 3 nitrogen and oxygen atoms in total. The van der Waals surface area contributed by atoms with E-state index in [-0.39, 0.29) is 6.10 Å². The fourth-order valence-corrected chi connectivity index (χ4v) is 2.50. The number of hydrogen-bond donors (Lipinski definition) is 0. The van der Waals surface area contributed by atoms with E-state index in [1.807, 2.05) is 4.90 Å². The van der Waals surface area contributed by atoms with Crippen LogP contribution in [0.2, 0.25) is 0 Å². The zero-order valence-electron chi connectivity index (χ0n) is 8.95. The highest BCUT2D eigenvalue weighted by Gasteiger charge is 2.27. The van der Waals surface area contributed by atoms with Crippen molar-refractivity contribution in [1.82, 2.24) is 4.90 Å². The van der Waals surface area contributed by atoms with Gasteiger partial charge in [-0.3, -0.25) is 4.79 Å². The van der Waals surface area contributed by atoms with Crippen LogP contribution < -0.4 is 0 Å². The van der Waals surface area contributed by atoms with Crippen LogP contribution in [0.5, 0.6) is 0 Å². The van der Waals surface area contributed by atoms with E-state index in [0.717, 1.165) is 24.8 Å². The summed E-state index contributed by atoms with van der Waals surface area (Å²) in [5.74, 6) is 0.997. The largest absolute Gasteiger partial charge is 0.374 e. The Bertz CT molecular complexity index is 231. The number of halogens is 1. The molecule has 1 saturated heterocycles. The van der Waals surface area contributed by atoms with Gasteiger partial charge in [-0.2, -0.15) is 0 Å².